The number of hydrogen-bond acceptors (Lipinski definition) is 0. The summed E-state index contributed by atoms with van der Waals surface area (Å²) in [5, 5.41) is 0. The predicted molar refractivity (Wildman–Crippen MR) is 66.5 cm³/mol. The van der Waals surface area contributed by atoms with Gasteiger partial charge in [0.25, 0.3) is 0 Å². The molecule has 0 saturated heterocycles. The van der Waals surface area contributed by atoms with Gasteiger partial charge < -0.3 is 24.8 Å². The van der Waals surface area contributed by atoms with Gasteiger partial charge in [-0.15, -0.1) is 0 Å². The van der Waals surface area contributed by atoms with E-state index in [2.05, 4.69) is 49.6 Å². The number of fused-ring (bicyclic) bond motifs is 1. The third-order valence-corrected chi connectivity index (χ3v) is 3.94. The molecule has 19 heavy (non-hydrogen) atoms. The number of rotatable bonds is 4. The zero-order valence-electron chi connectivity index (χ0n) is 11.5. The molecule has 0 aliphatic carbocycles. The second kappa shape index (κ2) is 8.16. The molecule has 1 aromatic heterocycles. The fourth-order valence-corrected chi connectivity index (χ4v) is 3.00. The smallest absolute Gasteiger partial charge is 1.00 e. The third-order valence-electron chi connectivity index (χ3n) is 3.49. The first kappa shape index (κ1) is 18.8. The van der Waals surface area contributed by atoms with Crippen molar-refractivity contribution >= 4 is 11.0 Å². The SMILES string of the molecule is CCC(CC)c1n(CC)c2ccccc2[n+]1[Cu+2].[Cl-].[Cl-]. The van der Waals surface area contributed by atoms with Gasteiger partial charge in [0.1, 0.15) is 0 Å². The van der Waals surface area contributed by atoms with Gasteiger partial charge in [0.15, 0.2) is 0 Å². The van der Waals surface area contributed by atoms with E-state index in [4.69, 9.17) is 16.2 Å². The van der Waals surface area contributed by atoms with Gasteiger partial charge in [0.05, 0.1) is 0 Å². The summed E-state index contributed by atoms with van der Waals surface area (Å²) in [5.74, 6) is 1.83. The summed E-state index contributed by atoms with van der Waals surface area (Å²) in [4.78, 5) is 0. The molecule has 0 fully saturated rings. The number of aromatic nitrogens is 2. The van der Waals surface area contributed by atoms with E-state index in [0.29, 0.717) is 5.92 Å². The van der Waals surface area contributed by atoms with E-state index in [1.807, 2.05) is 3.58 Å². The monoisotopic (exact) mass is 349 g/mol. The molecule has 0 aliphatic heterocycles. The van der Waals surface area contributed by atoms with E-state index < -0.39 is 0 Å². The van der Waals surface area contributed by atoms with Gasteiger partial charge in [-0.25, -0.2) is 0 Å². The first-order chi connectivity index (χ1) is 8.24. The third kappa shape index (κ3) is 3.28. The maximum absolute atomic E-state index is 5.75. The van der Waals surface area contributed by atoms with Crippen molar-refractivity contribution in [2.45, 2.75) is 46.1 Å². The Bertz CT molecular complexity index is 521. The van der Waals surface area contributed by atoms with Crippen LogP contribution in [-0.4, -0.2) is 4.57 Å². The van der Waals surface area contributed by atoms with Gasteiger partial charge in [-0.05, 0) is 0 Å². The number of benzene rings is 1. The fraction of sp³-hybridized carbons (Fsp3) is 0.500. The maximum atomic E-state index is 5.75. The van der Waals surface area contributed by atoms with Crippen LogP contribution in [0.2, 0.25) is 0 Å². The van der Waals surface area contributed by atoms with Gasteiger partial charge in [-0.1, -0.05) is 0 Å². The largest absolute Gasteiger partial charge is 1.00 e. The molecular weight excluding hydrogens is 331 g/mol. The first-order valence-corrected chi connectivity index (χ1v) is 6.82. The first-order valence-electron chi connectivity index (χ1n) is 6.40. The van der Waals surface area contributed by atoms with Crippen molar-refractivity contribution in [3.05, 3.63) is 30.1 Å². The van der Waals surface area contributed by atoms with Crippen LogP contribution in [0.5, 0.6) is 0 Å². The summed E-state index contributed by atoms with van der Waals surface area (Å²) in [6.07, 6.45) is 2.28. The number of halogens is 2. The van der Waals surface area contributed by atoms with Gasteiger partial charge in [-0.2, -0.15) is 0 Å². The normalized spacial score (nSPS) is 10.4. The van der Waals surface area contributed by atoms with E-state index in [1.165, 1.54) is 11.3 Å². The minimum atomic E-state index is 0. The molecule has 1 aromatic carbocycles. The Balaban J connectivity index is 0.00000162. The Morgan fingerprint density at radius 2 is 1.68 bits per heavy atom. The van der Waals surface area contributed by atoms with Crippen LogP contribution >= 0.6 is 0 Å². The minimum Gasteiger partial charge on any atom is -1.00 e. The van der Waals surface area contributed by atoms with Crippen LogP contribution in [0.15, 0.2) is 24.3 Å². The Morgan fingerprint density at radius 3 is 2.21 bits per heavy atom. The zero-order valence-corrected chi connectivity index (χ0v) is 13.9. The summed E-state index contributed by atoms with van der Waals surface area (Å²) < 4.78 is 4.29. The number of nitrogens with zero attached hydrogens (tertiary/aromatic N) is 2. The minimum absolute atomic E-state index is 0. The Kier molecular flexibility index (Phi) is 8.07. The molecule has 2 nitrogen and oxygen atoms in total. The fourth-order valence-electron chi connectivity index (χ4n) is 2.54. The molecule has 0 aliphatic rings. The molecule has 0 spiro atoms. The predicted octanol–water partition coefficient (Wildman–Crippen LogP) is -2.83. The maximum Gasteiger partial charge on any atom is -1.00 e. The molecule has 2 aromatic rings. The summed E-state index contributed by atoms with van der Waals surface area (Å²) in [7, 11) is 0. The average molecular weight is 351 g/mol. The molecular formula is C14H20Cl2CuN2+. The molecule has 0 saturated carbocycles. The number of para-hydroxylation sites is 2. The van der Waals surface area contributed by atoms with Crippen LogP contribution in [0.3, 0.4) is 0 Å². The van der Waals surface area contributed by atoms with E-state index in [1.54, 1.807) is 0 Å². The van der Waals surface area contributed by atoms with Crippen LogP contribution in [0.4, 0.5) is 0 Å². The van der Waals surface area contributed by atoms with Crippen molar-refractivity contribution in [3.8, 4) is 0 Å². The van der Waals surface area contributed by atoms with Crippen molar-refractivity contribution in [1.82, 2.24) is 4.57 Å². The van der Waals surface area contributed by atoms with Gasteiger partial charge in [-0.3, -0.25) is 0 Å². The Morgan fingerprint density at radius 1 is 1.11 bits per heavy atom. The number of imidazole rings is 1. The molecule has 0 radical (unpaired) electrons. The number of hydrogen-bond donors (Lipinski definition) is 0. The molecule has 2 rings (SSSR count). The van der Waals surface area contributed by atoms with Crippen molar-refractivity contribution in [2.75, 3.05) is 0 Å². The molecule has 0 bridgehead atoms. The van der Waals surface area contributed by atoms with Crippen LogP contribution in [0.25, 0.3) is 11.0 Å². The van der Waals surface area contributed by atoms with Crippen LogP contribution < -0.4 is 28.4 Å². The Hall–Kier alpha value is -0.211. The second-order valence-electron chi connectivity index (χ2n) is 4.35. The second-order valence-corrected chi connectivity index (χ2v) is 4.77. The van der Waals surface area contributed by atoms with Gasteiger partial charge >= 0.3 is 112 Å². The van der Waals surface area contributed by atoms with Crippen LogP contribution in [0, 0.1) is 0 Å². The van der Waals surface area contributed by atoms with E-state index in [0.717, 1.165) is 24.9 Å². The molecule has 110 valence electrons. The summed E-state index contributed by atoms with van der Waals surface area (Å²) in [6.45, 7) is 7.63. The topological polar surface area (TPSA) is 8.81 Å². The summed E-state index contributed by atoms with van der Waals surface area (Å²) in [5.41, 5.74) is 2.40. The van der Waals surface area contributed by atoms with Crippen LogP contribution in [-0.2, 0) is 22.8 Å². The van der Waals surface area contributed by atoms with E-state index in [9.17, 15) is 0 Å². The van der Waals surface area contributed by atoms with Crippen molar-refractivity contribution in [3.63, 3.8) is 0 Å². The van der Waals surface area contributed by atoms with Crippen LogP contribution in [0.1, 0.15) is 45.4 Å². The summed E-state index contributed by atoms with van der Waals surface area (Å²) in [6, 6.07) is 8.40. The quantitative estimate of drug-likeness (QED) is 0.526. The summed E-state index contributed by atoms with van der Waals surface area (Å²) >= 11 is 5.75. The Labute approximate surface area is 136 Å². The van der Waals surface area contributed by atoms with E-state index >= 15 is 0 Å². The standard InChI is InChI=1S/C14H20N2.2ClH.Cu/c1-4-11(5-2)14-15-12-9-7-8-10-13(12)16(14)6-3;;;/h7-11H,4-6H2,1-3H3;2*1H;/q;;;+3/p-2. The molecule has 0 atom stereocenters. The average Bonchev–Trinajstić information content (AvgIpc) is 2.65. The molecule has 1 heterocycles. The van der Waals surface area contributed by atoms with Gasteiger partial charge in [0.2, 0.25) is 0 Å². The molecule has 5 heteroatoms. The van der Waals surface area contributed by atoms with Gasteiger partial charge in [0, 0.05) is 0 Å². The van der Waals surface area contributed by atoms with Crippen molar-refractivity contribution in [1.29, 1.82) is 0 Å². The molecule has 0 N–H and O–H groups in total. The zero-order chi connectivity index (χ0) is 12.4. The number of aryl methyl sites for hydroxylation is 1. The molecule has 0 amide bonds. The molecule has 0 unspecified atom stereocenters. The van der Waals surface area contributed by atoms with Crippen molar-refractivity contribution < 1.29 is 44.6 Å². The van der Waals surface area contributed by atoms with E-state index in [-0.39, 0.29) is 24.8 Å². The van der Waals surface area contributed by atoms with Crippen molar-refractivity contribution in [2.24, 2.45) is 0 Å².